The van der Waals surface area contributed by atoms with Crippen molar-refractivity contribution in [3.05, 3.63) is 0 Å². The fraction of sp³-hybridized carbons (Fsp3) is 1.00. The largest absolute Gasteiger partial charge is 0.242 e. The van der Waals surface area contributed by atoms with Crippen molar-refractivity contribution in [3.63, 3.8) is 0 Å². The third kappa shape index (κ3) is 1.98. The molecule has 9 heavy (non-hydrogen) atoms. The van der Waals surface area contributed by atoms with Crippen LogP contribution in [0.5, 0.6) is 0 Å². The van der Waals surface area contributed by atoms with Gasteiger partial charge in [-0.1, -0.05) is 13.8 Å². The van der Waals surface area contributed by atoms with Crippen LogP contribution in [0.2, 0.25) is 0 Å². The summed E-state index contributed by atoms with van der Waals surface area (Å²) < 4.78 is 0. The van der Waals surface area contributed by atoms with E-state index in [0.29, 0.717) is 0 Å². The second-order valence-corrected chi connectivity index (χ2v) is 3.23. The Labute approximate surface area is 57.8 Å². The lowest BCUT2D eigenvalue weighted by Gasteiger charge is -2.13. The topological polar surface area (TPSA) is 14.1 Å². The third-order valence-corrected chi connectivity index (χ3v) is 2.36. The molecule has 0 saturated carbocycles. The molecule has 1 radical (unpaired) electrons. The molecule has 1 heterocycles. The van der Waals surface area contributed by atoms with E-state index in [1.807, 2.05) is 0 Å². The summed E-state index contributed by atoms with van der Waals surface area (Å²) >= 11 is 0. The molecule has 0 aliphatic carbocycles. The fourth-order valence-electron chi connectivity index (χ4n) is 1.28. The second kappa shape index (κ2) is 3.21. The molecular weight excluding hydrogens is 110 g/mol. The van der Waals surface area contributed by atoms with Gasteiger partial charge in [0.25, 0.3) is 0 Å². The van der Waals surface area contributed by atoms with Crippen LogP contribution in [0.15, 0.2) is 0 Å². The SMILES string of the molecule is CC1CCC[N]CC1C. The van der Waals surface area contributed by atoms with E-state index in [1.165, 1.54) is 12.8 Å². The predicted molar refractivity (Wildman–Crippen MR) is 39.4 cm³/mol. The molecule has 1 aliphatic heterocycles. The Morgan fingerprint density at radius 2 is 2.00 bits per heavy atom. The van der Waals surface area contributed by atoms with Crippen LogP contribution in [-0.2, 0) is 0 Å². The van der Waals surface area contributed by atoms with Crippen molar-refractivity contribution in [1.82, 2.24) is 5.32 Å². The van der Waals surface area contributed by atoms with E-state index in [4.69, 9.17) is 0 Å². The van der Waals surface area contributed by atoms with Gasteiger partial charge in [0.15, 0.2) is 0 Å². The van der Waals surface area contributed by atoms with Gasteiger partial charge in [-0.2, -0.15) is 0 Å². The molecule has 0 aromatic heterocycles. The Morgan fingerprint density at radius 1 is 1.22 bits per heavy atom. The second-order valence-electron chi connectivity index (χ2n) is 3.23. The van der Waals surface area contributed by atoms with E-state index in [-0.39, 0.29) is 0 Å². The molecule has 53 valence electrons. The molecule has 0 aromatic carbocycles. The van der Waals surface area contributed by atoms with Gasteiger partial charge in [-0.3, -0.25) is 0 Å². The Hall–Kier alpha value is -0.0400. The highest BCUT2D eigenvalue weighted by atomic mass is 14.9. The lowest BCUT2D eigenvalue weighted by atomic mass is 9.93. The molecular formula is C8H16N. The third-order valence-electron chi connectivity index (χ3n) is 2.36. The average molecular weight is 126 g/mol. The summed E-state index contributed by atoms with van der Waals surface area (Å²) in [5.74, 6) is 1.73. The van der Waals surface area contributed by atoms with Crippen molar-refractivity contribution in [1.29, 1.82) is 0 Å². The maximum atomic E-state index is 4.40. The van der Waals surface area contributed by atoms with Crippen molar-refractivity contribution < 1.29 is 0 Å². The first-order valence-corrected chi connectivity index (χ1v) is 3.94. The maximum absolute atomic E-state index is 4.40. The van der Waals surface area contributed by atoms with Gasteiger partial charge < -0.3 is 0 Å². The number of nitrogens with zero attached hydrogens (tertiary/aromatic N) is 1. The first kappa shape index (κ1) is 7.07. The summed E-state index contributed by atoms with van der Waals surface area (Å²) in [5, 5.41) is 4.40. The van der Waals surface area contributed by atoms with E-state index < -0.39 is 0 Å². The number of rotatable bonds is 0. The van der Waals surface area contributed by atoms with Gasteiger partial charge >= 0.3 is 0 Å². The first-order valence-electron chi connectivity index (χ1n) is 3.94. The van der Waals surface area contributed by atoms with E-state index in [0.717, 1.165) is 24.9 Å². The van der Waals surface area contributed by atoms with Gasteiger partial charge in [0.2, 0.25) is 0 Å². The van der Waals surface area contributed by atoms with Gasteiger partial charge in [-0.05, 0) is 24.7 Å². The standard InChI is InChI=1S/C8H16N/c1-7-4-3-5-9-6-8(7)2/h7-8H,3-6H2,1-2H3. The summed E-state index contributed by atoms with van der Waals surface area (Å²) in [4.78, 5) is 0. The molecule has 2 atom stereocenters. The van der Waals surface area contributed by atoms with Crippen LogP contribution in [0.3, 0.4) is 0 Å². The molecule has 1 rings (SSSR count). The van der Waals surface area contributed by atoms with E-state index in [9.17, 15) is 0 Å². The minimum Gasteiger partial charge on any atom is -0.242 e. The Bertz CT molecular complexity index is 70.6. The molecule has 0 spiro atoms. The van der Waals surface area contributed by atoms with Gasteiger partial charge in [0.05, 0.1) is 0 Å². The minimum absolute atomic E-state index is 0.826. The molecule has 0 bridgehead atoms. The summed E-state index contributed by atoms with van der Waals surface area (Å²) in [6, 6.07) is 0. The molecule has 0 amide bonds. The summed E-state index contributed by atoms with van der Waals surface area (Å²) in [7, 11) is 0. The van der Waals surface area contributed by atoms with Crippen molar-refractivity contribution >= 4 is 0 Å². The van der Waals surface area contributed by atoms with Crippen LogP contribution < -0.4 is 5.32 Å². The zero-order valence-corrected chi connectivity index (χ0v) is 6.43. The van der Waals surface area contributed by atoms with Crippen LogP contribution in [-0.4, -0.2) is 13.1 Å². The van der Waals surface area contributed by atoms with Crippen LogP contribution in [0.25, 0.3) is 0 Å². The molecule has 1 nitrogen and oxygen atoms in total. The lowest BCUT2D eigenvalue weighted by molar-refractivity contribution is 0.382. The summed E-state index contributed by atoms with van der Waals surface area (Å²) in [5.41, 5.74) is 0. The Morgan fingerprint density at radius 3 is 2.78 bits per heavy atom. The van der Waals surface area contributed by atoms with Crippen LogP contribution >= 0.6 is 0 Å². The van der Waals surface area contributed by atoms with Crippen LogP contribution in [0, 0.1) is 11.8 Å². The molecule has 1 aliphatic rings. The minimum atomic E-state index is 0.826. The highest BCUT2D eigenvalue weighted by molar-refractivity contribution is 4.68. The molecule has 1 saturated heterocycles. The van der Waals surface area contributed by atoms with Crippen molar-refractivity contribution in [2.75, 3.05) is 13.1 Å². The quantitative estimate of drug-likeness (QED) is 0.468. The number of hydrogen-bond acceptors (Lipinski definition) is 0. The molecule has 2 unspecified atom stereocenters. The summed E-state index contributed by atoms with van der Waals surface area (Å²) in [6.45, 7) is 6.85. The van der Waals surface area contributed by atoms with Gasteiger partial charge in [0.1, 0.15) is 0 Å². The Balaban J connectivity index is 2.32. The van der Waals surface area contributed by atoms with Gasteiger partial charge in [-0.15, -0.1) is 0 Å². The zero-order valence-electron chi connectivity index (χ0n) is 6.43. The van der Waals surface area contributed by atoms with Crippen LogP contribution in [0.4, 0.5) is 0 Å². The van der Waals surface area contributed by atoms with Crippen molar-refractivity contribution in [2.45, 2.75) is 26.7 Å². The van der Waals surface area contributed by atoms with E-state index >= 15 is 0 Å². The smallest absolute Gasteiger partial charge is 0.0161 e. The average Bonchev–Trinajstić information content (AvgIpc) is 1.99. The monoisotopic (exact) mass is 126 g/mol. The highest BCUT2D eigenvalue weighted by Crippen LogP contribution is 2.18. The van der Waals surface area contributed by atoms with Crippen molar-refractivity contribution in [2.24, 2.45) is 11.8 Å². The Kier molecular flexibility index (Phi) is 2.52. The van der Waals surface area contributed by atoms with Gasteiger partial charge in [0, 0.05) is 13.1 Å². The molecule has 0 N–H and O–H groups in total. The van der Waals surface area contributed by atoms with E-state index in [2.05, 4.69) is 19.2 Å². The number of hydrogen-bond donors (Lipinski definition) is 0. The molecule has 1 heteroatoms. The van der Waals surface area contributed by atoms with Crippen LogP contribution in [0.1, 0.15) is 26.7 Å². The van der Waals surface area contributed by atoms with Gasteiger partial charge in [-0.25, -0.2) is 5.32 Å². The molecule has 0 aromatic rings. The molecule has 1 fully saturated rings. The maximum Gasteiger partial charge on any atom is 0.0161 e. The first-order chi connectivity index (χ1) is 4.30. The lowest BCUT2D eigenvalue weighted by Crippen LogP contribution is -2.15. The van der Waals surface area contributed by atoms with Crippen molar-refractivity contribution in [3.8, 4) is 0 Å². The fourth-order valence-corrected chi connectivity index (χ4v) is 1.28. The summed E-state index contributed by atoms with van der Waals surface area (Å²) in [6.07, 6.45) is 2.69. The highest BCUT2D eigenvalue weighted by Gasteiger charge is 2.14. The predicted octanol–water partition coefficient (Wildman–Crippen LogP) is 1.66. The zero-order chi connectivity index (χ0) is 6.69. The normalized spacial score (nSPS) is 38.0. The van der Waals surface area contributed by atoms with E-state index in [1.54, 1.807) is 0 Å².